The second-order valence-electron chi connectivity index (χ2n) is 7.56. The van der Waals surface area contributed by atoms with E-state index >= 15 is 0 Å². The van der Waals surface area contributed by atoms with Crippen molar-refractivity contribution in [3.8, 4) is 11.4 Å². The molecule has 0 radical (unpaired) electrons. The lowest BCUT2D eigenvalue weighted by Gasteiger charge is -2.15. The van der Waals surface area contributed by atoms with Crippen molar-refractivity contribution in [2.45, 2.75) is 30.2 Å². The van der Waals surface area contributed by atoms with E-state index in [2.05, 4.69) is 35.9 Å². The number of nitrogens with one attached hydrogen (secondary N) is 2. The summed E-state index contributed by atoms with van der Waals surface area (Å²) >= 11 is 1.53. The van der Waals surface area contributed by atoms with Crippen LogP contribution in [0, 0.1) is 0 Å². The number of alkyl halides is 3. The van der Waals surface area contributed by atoms with Crippen LogP contribution < -0.4 is 5.32 Å². The number of anilines is 1. The van der Waals surface area contributed by atoms with Gasteiger partial charge in [-0.25, -0.2) is 14.8 Å². The Balaban J connectivity index is 0.000000384. The summed E-state index contributed by atoms with van der Waals surface area (Å²) in [5.74, 6) is -1.07. The topological polar surface area (TPSA) is 174 Å². The van der Waals surface area contributed by atoms with Crippen LogP contribution in [-0.4, -0.2) is 80.4 Å². The van der Waals surface area contributed by atoms with E-state index in [4.69, 9.17) is 9.90 Å². The van der Waals surface area contributed by atoms with Crippen molar-refractivity contribution in [2.24, 2.45) is 0 Å². The van der Waals surface area contributed by atoms with Crippen LogP contribution >= 0.6 is 11.8 Å². The average Bonchev–Trinajstić information content (AvgIpc) is 3.59. The number of aliphatic carboxylic acids is 1. The first-order valence-electron chi connectivity index (χ1n) is 10.3. The molecule has 1 aliphatic rings. The fraction of sp³-hybridized carbons (Fsp3) is 0.300. The highest BCUT2D eigenvalue weighted by molar-refractivity contribution is 7.99. The van der Waals surface area contributed by atoms with Gasteiger partial charge in [-0.1, -0.05) is 18.2 Å². The summed E-state index contributed by atoms with van der Waals surface area (Å²) in [4.78, 5) is 17.8. The van der Waals surface area contributed by atoms with Crippen LogP contribution in [0.3, 0.4) is 0 Å². The largest absolute Gasteiger partial charge is 0.490 e. The summed E-state index contributed by atoms with van der Waals surface area (Å²) in [6, 6.07) is 7.85. The van der Waals surface area contributed by atoms with E-state index < -0.39 is 24.4 Å². The third kappa shape index (κ3) is 5.55. The molecule has 5 rings (SSSR count). The van der Waals surface area contributed by atoms with E-state index in [1.54, 1.807) is 12.4 Å². The normalized spacial score (nSPS) is 19.6. The molecule has 0 aliphatic carbocycles. The standard InChI is InChI=1S/C18H18N8O2S.C2HF3O2/c27-13-9-29-15(14(13)28)12-8-21-18-17(19-4-5-26(12)18)20-7-10-2-1-3-11(6-10)16-22-24-25-23-16;3-2(4,5)1(6)7/h1-6,8,13-15,27-28H,7,9H2,(H,19,20)(H,22,23,24,25);(H,6,7)/t13-,14-,15+;/m1./s1. The molecule has 1 saturated heterocycles. The summed E-state index contributed by atoms with van der Waals surface area (Å²) in [7, 11) is 0. The van der Waals surface area contributed by atoms with Gasteiger partial charge in [0.1, 0.15) is 0 Å². The number of tetrazole rings is 1. The van der Waals surface area contributed by atoms with Gasteiger partial charge in [-0.2, -0.15) is 18.4 Å². The Morgan fingerprint density at radius 1 is 1.28 bits per heavy atom. The van der Waals surface area contributed by atoms with Crippen LogP contribution in [0.15, 0.2) is 42.9 Å². The molecule has 1 aliphatic heterocycles. The Labute approximate surface area is 204 Å². The van der Waals surface area contributed by atoms with Gasteiger partial charge in [0.05, 0.1) is 29.3 Å². The van der Waals surface area contributed by atoms with Gasteiger partial charge in [0.15, 0.2) is 11.5 Å². The Morgan fingerprint density at radius 2 is 2.06 bits per heavy atom. The molecule has 16 heteroatoms. The third-order valence-corrected chi connectivity index (χ3v) is 6.55. The molecule has 0 unspecified atom stereocenters. The first-order chi connectivity index (χ1) is 17.1. The number of thioether (sulfide) groups is 1. The SMILES string of the molecule is O=C(O)C(F)(F)F.O[C@@H]1[C@H](O)CS[C@H]1c1cnc2c(NCc3cccc(-c4nn[nH]n4)c3)nccn12. The Kier molecular flexibility index (Phi) is 7.37. The number of rotatable bonds is 5. The zero-order chi connectivity index (χ0) is 25.9. The minimum absolute atomic E-state index is 0.220. The molecule has 0 saturated carbocycles. The molecule has 190 valence electrons. The lowest BCUT2D eigenvalue weighted by atomic mass is 10.1. The Bertz CT molecular complexity index is 1330. The number of carboxylic acid groups (broad SMARTS) is 1. The van der Waals surface area contributed by atoms with Crippen molar-refractivity contribution in [1.82, 2.24) is 35.0 Å². The fourth-order valence-electron chi connectivity index (χ4n) is 3.43. The lowest BCUT2D eigenvalue weighted by molar-refractivity contribution is -0.192. The lowest BCUT2D eigenvalue weighted by Crippen LogP contribution is -2.25. The maximum atomic E-state index is 10.6. The number of nitrogens with zero attached hydrogens (tertiary/aromatic N) is 6. The van der Waals surface area contributed by atoms with E-state index in [1.165, 1.54) is 11.8 Å². The number of carboxylic acids is 1. The summed E-state index contributed by atoms with van der Waals surface area (Å²) in [5, 5.41) is 44.4. The van der Waals surface area contributed by atoms with Gasteiger partial charge < -0.3 is 20.6 Å². The van der Waals surface area contributed by atoms with Crippen LogP contribution in [0.25, 0.3) is 17.0 Å². The van der Waals surface area contributed by atoms with Crippen LogP contribution in [0.2, 0.25) is 0 Å². The number of aromatic nitrogens is 7. The highest BCUT2D eigenvalue weighted by Gasteiger charge is 2.38. The van der Waals surface area contributed by atoms with Crippen molar-refractivity contribution in [2.75, 3.05) is 11.1 Å². The summed E-state index contributed by atoms with van der Waals surface area (Å²) in [5.41, 5.74) is 3.43. The second kappa shape index (κ2) is 10.5. The van der Waals surface area contributed by atoms with Crippen molar-refractivity contribution in [1.29, 1.82) is 0 Å². The van der Waals surface area contributed by atoms with E-state index in [1.807, 2.05) is 34.9 Å². The number of aliphatic hydroxyl groups is 2. The van der Waals surface area contributed by atoms with Gasteiger partial charge in [0.25, 0.3) is 0 Å². The number of aromatic amines is 1. The number of benzene rings is 1. The van der Waals surface area contributed by atoms with Crippen LogP contribution in [0.1, 0.15) is 16.5 Å². The zero-order valence-electron chi connectivity index (χ0n) is 18.2. The number of imidazole rings is 1. The van der Waals surface area contributed by atoms with Gasteiger partial charge in [-0.15, -0.1) is 22.0 Å². The van der Waals surface area contributed by atoms with Crippen molar-refractivity contribution >= 4 is 29.2 Å². The minimum atomic E-state index is -5.08. The maximum absolute atomic E-state index is 10.6. The maximum Gasteiger partial charge on any atom is 0.490 e. The third-order valence-electron chi connectivity index (χ3n) is 5.13. The molecular weight excluding hydrogens is 505 g/mol. The quantitative estimate of drug-likeness (QED) is 0.257. The Morgan fingerprint density at radius 3 is 2.69 bits per heavy atom. The van der Waals surface area contributed by atoms with E-state index in [0.29, 0.717) is 29.6 Å². The number of H-pyrrole nitrogens is 1. The van der Waals surface area contributed by atoms with E-state index in [-0.39, 0.29) is 5.25 Å². The highest BCUT2D eigenvalue weighted by atomic mass is 32.2. The summed E-state index contributed by atoms with van der Waals surface area (Å²) in [6.45, 7) is 0.542. The fourth-order valence-corrected chi connectivity index (χ4v) is 4.75. The molecule has 5 N–H and O–H groups in total. The molecule has 0 amide bonds. The number of halogens is 3. The number of fused-ring (bicyclic) bond motifs is 1. The Hall–Kier alpha value is -3.76. The second-order valence-corrected chi connectivity index (χ2v) is 8.73. The molecule has 1 aromatic carbocycles. The van der Waals surface area contributed by atoms with Gasteiger partial charge in [0, 0.05) is 30.3 Å². The first-order valence-corrected chi connectivity index (χ1v) is 11.4. The monoisotopic (exact) mass is 524 g/mol. The summed E-state index contributed by atoms with van der Waals surface area (Å²) in [6.07, 6.45) is -1.37. The highest BCUT2D eigenvalue weighted by Crippen LogP contribution is 2.40. The number of carbonyl (C=O) groups is 1. The molecule has 1 fully saturated rings. The van der Waals surface area contributed by atoms with Crippen LogP contribution in [0.4, 0.5) is 19.0 Å². The first kappa shape index (κ1) is 25.3. The smallest absolute Gasteiger partial charge is 0.475 e. The van der Waals surface area contributed by atoms with Gasteiger partial charge >= 0.3 is 12.1 Å². The van der Waals surface area contributed by atoms with E-state index in [9.17, 15) is 23.4 Å². The molecule has 4 heterocycles. The van der Waals surface area contributed by atoms with Crippen molar-refractivity contribution < 1.29 is 33.3 Å². The molecule has 12 nitrogen and oxygen atoms in total. The molecular formula is C20H19F3N8O4S. The van der Waals surface area contributed by atoms with Crippen LogP contribution in [-0.2, 0) is 11.3 Å². The molecule has 0 bridgehead atoms. The van der Waals surface area contributed by atoms with E-state index in [0.717, 1.165) is 16.8 Å². The number of hydrogen-bond donors (Lipinski definition) is 5. The molecule has 0 spiro atoms. The number of aliphatic hydroxyl groups excluding tert-OH is 2. The minimum Gasteiger partial charge on any atom is -0.475 e. The zero-order valence-corrected chi connectivity index (χ0v) is 19.0. The molecule has 3 aromatic heterocycles. The molecule has 3 atom stereocenters. The predicted molar refractivity (Wildman–Crippen MR) is 121 cm³/mol. The number of hydrogen-bond acceptors (Lipinski definition) is 10. The van der Waals surface area contributed by atoms with Gasteiger partial charge in [-0.3, -0.25) is 4.40 Å². The van der Waals surface area contributed by atoms with Crippen molar-refractivity contribution in [3.05, 3.63) is 54.1 Å². The molecule has 36 heavy (non-hydrogen) atoms. The molecule has 4 aromatic rings. The summed E-state index contributed by atoms with van der Waals surface area (Å²) < 4.78 is 33.6. The van der Waals surface area contributed by atoms with Gasteiger partial charge in [-0.05, 0) is 16.8 Å². The average molecular weight is 524 g/mol. The van der Waals surface area contributed by atoms with Gasteiger partial charge in [0.2, 0.25) is 5.82 Å². The predicted octanol–water partition coefficient (Wildman–Crippen LogP) is 1.66. The van der Waals surface area contributed by atoms with Crippen molar-refractivity contribution in [3.63, 3.8) is 0 Å². The van der Waals surface area contributed by atoms with Crippen LogP contribution in [0.5, 0.6) is 0 Å².